The van der Waals surface area contributed by atoms with Gasteiger partial charge < -0.3 is 15.1 Å². The molecule has 0 spiro atoms. The lowest BCUT2D eigenvalue weighted by atomic mass is 10.3. The molecule has 0 atom stereocenters. The summed E-state index contributed by atoms with van der Waals surface area (Å²) in [5.41, 5.74) is 4.55. The molecular weight excluding hydrogens is 504 g/mol. The first-order valence-corrected chi connectivity index (χ1v) is 10.9. The van der Waals surface area contributed by atoms with E-state index >= 15 is 0 Å². The molecule has 0 aliphatic rings. The highest BCUT2D eigenvalue weighted by atomic mass is 79.9. The van der Waals surface area contributed by atoms with E-state index in [4.69, 9.17) is 4.42 Å². The molecule has 0 aliphatic carbocycles. The van der Waals surface area contributed by atoms with Gasteiger partial charge in [-0.2, -0.15) is 5.10 Å². The molecule has 3 N–H and O–H groups in total. The first-order valence-electron chi connectivity index (χ1n) is 10.1. The van der Waals surface area contributed by atoms with Crippen LogP contribution in [0, 0.1) is 6.92 Å². The number of hydrazone groups is 1. The predicted octanol–water partition coefficient (Wildman–Crippen LogP) is 3.02. The largest absolute Gasteiger partial charge is 0.458 e. The maximum Gasteiger partial charge on any atom is 0.313 e. The van der Waals surface area contributed by atoms with Gasteiger partial charge in [0.25, 0.3) is 5.91 Å². The summed E-state index contributed by atoms with van der Waals surface area (Å²) in [5, 5.41) is 8.91. The van der Waals surface area contributed by atoms with Gasteiger partial charge in [-0.15, -0.1) is 0 Å². The lowest BCUT2D eigenvalue weighted by Crippen LogP contribution is -2.34. The molecule has 4 rings (SSSR count). The number of nitrogens with zero attached hydrogens (tertiary/aromatic N) is 3. The number of hydrogen-bond donors (Lipinski definition) is 3. The SMILES string of the molecule is Cc1nc2ccc(Br)cn2c1C(=O)N/N=C/c1ccc(CNC(=O)C(=O)Nc2ccccc2)o1. The van der Waals surface area contributed by atoms with E-state index in [0.717, 1.165) is 4.47 Å². The number of benzene rings is 1. The van der Waals surface area contributed by atoms with Gasteiger partial charge in [0.05, 0.1) is 18.5 Å². The summed E-state index contributed by atoms with van der Waals surface area (Å²) in [6, 6.07) is 15.6. The van der Waals surface area contributed by atoms with Gasteiger partial charge in [0.2, 0.25) is 0 Å². The molecule has 0 saturated carbocycles. The number of anilines is 1. The average Bonchev–Trinajstić information content (AvgIpc) is 3.41. The number of carbonyl (C=O) groups excluding carboxylic acids is 3. The van der Waals surface area contributed by atoms with Crippen molar-refractivity contribution in [2.75, 3.05) is 5.32 Å². The third-order valence-electron chi connectivity index (χ3n) is 4.67. The van der Waals surface area contributed by atoms with Crippen LogP contribution in [-0.2, 0) is 16.1 Å². The van der Waals surface area contributed by atoms with Gasteiger partial charge in [-0.1, -0.05) is 18.2 Å². The van der Waals surface area contributed by atoms with E-state index in [1.54, 1.807) is 66.1 Å². The van der Waals surface area contributed by atoms with Gasteiger partial charge in [-0.3, -0.25) is 18.8 Å². The number of fused-ring (bicyclic) bond motifs is 1. The monoisotopic (exact) mass is 522 g/mol. The number of carbonyl (C=O) groups is 3. The van der Waals surface area contributed by atoms with E-state index in [-0.39, 0.29) is 6.54 Å². The van der Waals surface area contributed by atoms with Gasteiger partial charge in [-0.25, -0.2) is 10.4 Å². The molecule has 0 bridgehead atoms. The van der Waals surface area contributed by atoms with Crippen LogP contribution in [0.25, 0.3) is 5.65 Å². The number of furan rings is 1. The van der Waals surface area contributed by atoms with Crippen molar-refractivity contribution >= 4 is 51.2 Å². The lowest BCUT2D eigenvalue weighted by Gasteiger charge is -2.05. The average molecular weight is 523 g/mol. The van der Waals surface area contributed by atoms with Crippen LogP contribution >= 0.6 is 15.9 Å². The zero-order valence-electron chi connectivity index (χ0n) is 17.9. The summed E-state index contributed by atoms with van der Waals surface area (Å²) in [7, 11) is 0. The fourth-order valence-electron chi connectivity index (χ4n) is 3.13. The second-order valence-electron chi connectivity index (χ2n) is 7.13. The highest BCUT2D eigenvalue weighted by Crippen LogP contribution is 2.16. The van der Waals surface area contributed by atoms with Crippen LogP contribution in [0.1, 0.15) is 27.7 Å². The van der Waals surface area contributed by atoms with Crippen molar-refractivity contribution in [3.63, 3.8) is 0 Å². The minimum absolute atomic E-state index is 0.0110. The van der Waals surface area contributed by atoms with Gasteiger partial charge in [0.1, 0.15) is 22.9 Å². The summed E-state index contributed by atoms with van der Waals surface area (Å²) >= 11 is 3.38. The van der Waals surface area contributed by atoms with Crippen molar-refractivity contribution in [3.05, 3.63) is 88.2 Å². The summed E-state index contributed by atoms with van der Waals surface area (Å²) in [5.74, 6) is -1.23. The van der Waals surface area contributed by atoms with Crippen LogP contribution in [0.5, 0.6) is 0 Å². The van der Waals surface area contributed by atoms with E-state index in [1.807, 2.05) is 6.07 Å². The Labute approximate surface area is 202 Å². The third-order valence-corrected chi connectivity index (χ3v) is 5.14. The van der Waals surface area contributed by atoms with Crippen molar-refractivity contribution < 1.29 is 18.8 Å². The Morgan fingerprint density at radius 3 is 2.68 bits per heavy atom. The van der Waals surface area contributed by atoms with Gasteiger partial charge in [0, 0.05) is 16.4 Å². The Morgan fingerprint density at radius 2 is 1.88 bits per heavy atom. The van der Waals surface area contributed by atoms with Crippen molar-refractivity contribution in [2.24, 2.45) is 5.10 Å². The molecular formula is C23H19BrN6O4. The predicted molar refractivity (Wildman–Crippen MR) is 128 cm³/mol. The van der Waals surface area contributed by atoms with Crippen LogP contribution in [0.2, 0.25) is 0 Å². The molecule has 0 fully saturated rings. The smallest absolute Gasteiger partial charge is 0.313 e. The summed E-state index contributed by atoms with van der Waals surface area (Å²) in [6.07, 6.45) is 3.08. The molecule has 172 valence electrons. The molecule has 10 nitrogen and oxygen atoms in total. The molecule has 11 heteroatoms. The lowest BCUT2D eigenvalue weighted by molar-refractivity contribution is -0.136. The fourth-order valence-corrected chi connectivity index (χ4v) is 3.47. The van der Waals surface area contributed by atoms with Crippen molar-refractivity contribution in [1.29, 1.82) is 0 Å². The molecule has 1 aromatic carbocycles. The Balaban J connectivity index is 1.31. The Kier molecular flexibility index (Phi) is 6.83. The van der Waals surface area contributed by atoms with Crippen molar-refractivity contribution in [1.82, 2.24) is 20.1 Å². The molecule has 0 saturated heterocycles. The summed E-state index contributed by atoms with van der Waals surface area (Å²) in [4.78, 5) is 40.9. The fraction of sp³-hybridized carbons (Fsp3) is 0.0870. The maximum absolute atomic E-state index is 12.6. The topological polar surface area (TPSA) is 130 Å². The first-order chi connectivity index (χ1) is 16.4. The number of para-hydroxylation sites is 1. The Morgan fingerprint density at radius 1 is 1.09 bits per heavy atom. The molecule has 0 aliphatic heterocycles. The number of aryl methyl sites for hydroxylation is 1. The number of rotatable bonds is 6. The van der Waals surface area contributed by atoms with Crippen LogP contribution < -0.4 is 16.1 Å². The minimum Gasteiger partial charge on any atom is -0.458 e. The van der Waals surface area contributed by atoms with Crippen molar-refractivity contribution in [3.8, 4) is 0 Å². The van der Waals surface area contributed by atoms with E-state index in [1.165, 1.54) is 6.21 Å². The molecule has 0 unspecified atom stereocenters. The number of nitrogens with one attached hydrogen (secondary N) is 3. The Hall–Kier alpha value is -4.25. The minimum atomic E-state index is -0.794. The van der Waals surface area contributed by atoms with E-state index in [2.05, 4.69) is 42.1 Å². The number of hydrogen-bond acceptors (Lipinski definition) is 6. The molecule has 3 heterocycles. The zero-order chi connectivity index (χ0) is 24.1. The molecule has 3 aromatic heterocycles. The highest BCUT2D eigenvalue weighted by molar-refractivity contribution is 9.10. The van der Waals surface area contributed by atoms with Gasteiger partial charge in [0.15, 0.2) is 0 Å². The van der Waals surface area contributed by atoms with Crippen molar-refractivity contribution in [2.45, 2.75) is 13.5 Å². The molecule has 34 heavy (non-hydrogen) atoms. The zero-order valence-corrected chi connectivity index (χ0v) is 19.5. The number of halogens is 1. The van der Waals surface area contributed by atoms with Crippen LogP contribution in [0.15, 0.2) is 74.8 Å². The van der Waals surface area contributed by atoms with E-state index < -0.39 is 17.7 Å². The quantitative estimate of drug-likeness (QED) is 0.203. The molecule has 0 radical (unpaired) electrons. The summed E-state index contributed by atoms with van der Waals surface area (Å²) in [6.45, 7) is 1.75. The second kappa shape index (κ2) is 10.1. The van der Waals surface area contributed by atoms with Crippen LogP contribution in [0.3, 0.4) is 0 Å². The third kappa shape index (κ3) is 5.38. The molecule has 3 amide bonds. The number of imidazole rings is 1. The maximum atomic E-state index is 12.6. The van der Waals surface area contributed by atoms with Gasteiger partial charge in [-0.05, 0) is 59.3 Å². The Bertz CT molecular complexity index is 1390. The van der Waals surface area contributed by atoms with Crippen LogP contribution in [0.4, 0.5) is 5.69 Å². The normalized spacial score (nSPS) is 11.0. The number of aromatic nitrogens is 2. The highest BCUT2D eigenvalue weighted by Gasteiger charge is 2.17. The van der Waals surface area contributed by atoms with E-state index in [0.29, 0.717) is 34.2 Å². The number of amides is 3. The standard InChI is InChI=1S/C23H19BrN6O4/c1-14-20(30-13-15(24)7-10-19(30)27-14)21(31)29-26-12-18-9-8-17(34-18)11-25-22(32)23(33)28-16-5-3-2-4-6-16/h2-10,12-13H,11H2,1H3,(H,25,32)(H,28,33)(H,29,31)/b26-12+. The van der Waals surface area contributed by atoms with E-state index in [9.17, 15) is 14.4 Å². The second-order valence-corrected chi connectivity index (χ2v) is 8.04. The first kappa shape index (κ1) is 22.9. The molecule has 4 aromatic rings. The summed E-state index contributed by atoms with van der Waals surface area (Å²) < 4.78 is 8.02. The van der Waals surface area contributed by atoms with Gasteiger partial charge >= 0.3 is 11.8 Å². The number of pyridine rings is 1. The van der Waals surface area contributed by atoms with Crippen LogP contribution in [-0.4, -0.2) is 33.3 Å².